The van der Waals surface area contributed by atoms with Crippen molar-refractivity contribution in [2.24, 2.45) is 0 Å². The zero-order chi connectivity index (χ0) is 20.2. The summed E-state index contributed by atoms with van der Waals surface area (Å²) < 4.78 is 26.7. The molecule has 0 aliphatic carbocycles. The Morgan fingerprint density at radius 1 is 1.37 bits per heavy atom. The number of aromatic nitrogens is 2. The number of thioether (sulfide) groups is 1. The number of rotatable bonds is 8. The molecule has 1 atom stereocenters. The molecule has 1 aromatic heterocycles. The number of nitrogens with one attached hydrogen (secondary N) is 1. The molecule has 0 fully saturated rings. The normalized spacial score (nSPS) is 12.6. The fourth-order valence-electron chi connectivity index (χ4n) is 2.41. The highest BCUT2D eigenvalue weighted by Gasteiger charge is 2.32. The van der Waals surface area contributed by atoms with Crippen molar-refractivity contribution in [2.45, 2.75) is 37.6 Å². The number of benzene rings is 1. The van der Waals surface area contributed by atoms with Gasteiger partial charge in [-0.3, -0.25) is 14.4 Å². The van der Waals surface area contributed by atoms with Crippen LogP contribution in [0.5, 0.6) is 0 Å². The summed E-state index contributed by atoms with van der Waals surface area (Å²) in [7, 11) is -3.72. The Hall–Kier alpha value is -1.36. The van der Waals surface area contributed by atoms with Crippen LogP contribution in [0.2, 0.25) is 5.02 Å². The topological polar surface area (TPSA) is 92.3 Å². The minimum Gasteiger partial charge on any atom is -0.299 e. The average molecular weight is 449 g/mol. The Balaban J connectivity index is 2.33. The number of hydrogen-bond donors (Lipinski definition) is 1. The maximum atomic E-state index is 12.8. The molecule has 1 aromatic carbocycles. The van der Waals surface area contributed by atoms with Crippen molar-refractivity contribution in [1.29, 1.82) is 0 Å². The van der Waals surface area contributed by atoms with Gasteiger partial charge in [0.15, 0.2) is 4.34 Å². The highest BCUT2D eigenvalue weighted by Crippen LogP contribution is 2.29. The molecule has 1 heterocycles. The predicted molar refractivity (Wildman–Crippen MR) is 113 cm³/mol. The van der Waals surface area contributed by atoms with E-state index in [0.29, 0.717) is 15.8 Å². The van der Waals surface area contributed by atoms with Gasteiger partial charge in [0.05, 0.1) is 11.9 Å². The first-order chi connectivity index (χ1) is 12.7. The van der Waals surface area contributed by atoms with Crippen LogP contribution in [0.25, 0.3) is 0 Å². The van der Waals surface area contributed by atoms with E-state index >= 15 is 0 Å². The van der Waals surface area contributed by atoms with E-state index in [4.69, 9.17) is 11.6 Å². The standard InChI is InChI=1S/C16H21ClN4O3S3/c1-5-13(14(22)18-15-19-20-16(26-15)25-6-2)21(27(4,23)24)11-8-7-10(3)12(17)9-11/h7-9,13H,5-6H2,1-4H3,(H,18,19,22). The molecule has 0 bridgehead atoms. The molecule has 7 nitrogen and oxygen atoms in total. The van der Waals surface area contributed by atoms with Gasteiger partial charge in [-0.2, -0.15) is 0 Å². The van der Waals surface area contributed by atoms with E-state index in [1.807, 2.05) is 13.8 Å². The van der Waals surface area contributed by atoms with Gasteiger partial charge in [0, 0.05) is 5.02 Å². The summed E-state index contributed by atoms with van der Waals surface area (Å²) >= 11 is 8.93. The minimum absolute atomic E-state index is 0.278. The first-order valence-corrected chi connectivity index (χ1v) is 12.2. The number of anilines is 2. The number of carbonyl (C=O) groups excluding carboxylic acids is 1. The van der Waals surface area contributed by atoms with Crippen LogP contribution in [0.4, 0.5) is 10.8 Å². The van der Waals surface area contributed by atoms with Gasteiger partial charge in [0.2, 0.25) is 21.1 Å². The van der Waals surface area contributed by atoms with Crippen molar-refractivity contribution in [3.8, 4) is 0 Å². The molecular formula is C16H21ClN4O3S3. The Labute approximate surface area is 172 Å². The fraction of sp³-hybridized carbons (Fsp3) is 0.438. The first-order valence-electron chi connectivity index (χ1n) is 8.20. The molecule has 2 aromatic rings. The number of carbonyl (C=O) groups is 1. The van der Waals surface area contributed by atoms with Crippen LogP contribution < -0.4 is 9.62 Å². The molecule has 0 aliphatic heterocycles. The van der Waals surface area contributed by atoms with Gasteiger partial charge in [-0.05, 0) is 36.8 Å². The zero-order valence-corrected chi connectivity index (χ0v) is 18.6. The molecule has 0 saturated heterocycles. The van der Waals surface area contributed by atoms with Gasteiger partial charge in [0.1, 0.15) is 6.04 Å². The van der Waals surface area contributed by atoms with Crippen LogP contribution in [0.3, 0.4) is 0 Å². The first kappa shape index (κ1) is 21.9. The van der Waals surface area contributed by atoms with Crippen LogP contribution in [-0.2, 0) is 14.8 Å². The second kappa shape index (κ2) is 9.22. The van der Waals surface area contributed by atoms with E-state index in [9.17, 15) is 13.2 Å². The van der Waals surface area contributed by atoms with Gasteiger partial charge >= 0.3 is 0 Å². The van der Waals surface area contributed by atoms with E-state index in [1.54, 1.807) is 25.1 Å². The van der Waals surface area contributed by atoms with E-state index in [-0.39, 0.29) is 6.42 Å². The maximum absolute atomic E-state index is 12.8. The molecule has 1 N–H and O–H groups in total. The molecule has 1 amide bonds. The Bertz CT molecular complexity index is 917. The van der Waals surface area contributed by atoms with Crippen LogP contribution in [0.1, 0.15) is 25.8 Å². The summed E-state index contributed by atoms with van der Waals surface area (Å²) in [6.45, 7) is 5.56. The monoisotopic (exact) mass is 448 g/mol. The third-order valence-electron chi connectivity index (χ3n) is 3.64. The zero-order valence-electron chi connectivity index (χ0n) is 15.4. The van der Waals surface area contributed by atoms with E-state index in [0.717, 1.165) is 26.2 Å². The quantitative estimate of drug-likeness (QED) is 0.487. The van der Waals surface area contributed by atoms with Crippen LogP contribution in [0, 0.1) is 6.92 Å². The SMILES string of the molecule is CCSc1nnc(NC(=O)C(CC)N(c2ccc(C)c(Cl)c2)S(C)(=O)=O)s1. The molecule has 0 saturated carbocycles. The summed E-state index contributed by atoms with van der Waals surface area (Å²) in [6, 6.07) is 3.97. The molecule has 0 spiro atoms. The van der Waals surface area contributed by atoms with Crippen LogP contribution >= 0.6 is 34.7 Å². The molecule has 0 radical (unpaired) electrons. The molecule has 1 unspecified atom stereocenters. The molecule has 11 heteroatoms. The van der Waals surface area contributed by atoms with Crippen molar-refractivity contribution in [3.63, 3.8) is 0 Å². The molecule has 27 heavy (non-hydrogen) atoms. The van der Waals surface area contributed by atoms with Gasteiger partial charge in [-0.1, -0.05) is 54.6 Å². The smallest absolute Gasteiger partial charge is 0.250 e. The van der Waals surface area contributed by atoms with Crippen LogP contribution in [-0.4, -0.2) is 42.6 Å². The Morgan fingerprint density at radius 2 is 2.07 bits per heavy atom. The molecular weight excluding hydrogens is 428 g/mol. The lowest BCUT2D eigenvalue weighted by molar-refractivity contribution is -0.117. The van der Waals surface area contributed by atoms with E-state index in [2.05, 4.69) is 15.5 Å². The summed E-state index contributed by atoms with van der Waals surface area (Å²) in [5, 5.41) is 11.4. The second-order valence-corrected chi connectivity index (χ2v) is 10.5. The average Bonchev–Trinajstić information content (AvgIpc) is 3.01. The lowest BCUT2D eigenvalue weighted by Crippen LogP contribution is -2.47. The highest BCUT2D eigenvalue weighted by molar-refractivity contribution is 8.01. The molecule has 0 aliphatic rings. The van der Waals surface area contributed by atoms with Crippen molar-refractivity contribution in [1.82, 2.24) is 10.2 Å². The van der Waals surface area contributed by atoms with E-state index < -0.39 is 22.0 Å². The van der Waals surface area contributed by atoms with Crippen molar-refractivity contribution in [2.75, 3.05) is 21.6 Å². The van der Waals surface area contributed by atoms with Gasteiger partial charge in [-0.15, -0.1) is 10.2 Å². The number of hydrogen-bond acceptors (Lipinski definition) is 7. The Kier molecular flexibility index (Phi) is 7.49. The lowest BCUT2D eigenvalue weighted by Gasteiger charge is -2.30. The van der Waals surface area contributed by atoms with Gasteiger partial charge in [-0.25, -0.2) is 8.42 Å². The number of halogens is 1. The third-order valence-corrected chi connectivity index (χ3v) is 7.09. The van der Waals surface area contributed by atoms with Gasteiger partial charge in [0.25, 0.3) is 0 Å². The number of aryl methyl sites for hydroxylation is 1. The second-order valence-electron chi connectivity index (χ2n) is 5.71. The maximum Gasteiger partial charge on any atom is 0.250 e. The fourth-order valence-corrected chi connectivity index (χ4v) is 5.44. The van der Waals surface area contributed by atoms with Crippen molar-refractivity contribution in [3.05, 3.63) is 28.8 Å². The summed E-state index contributed by atoms with van der Waals surface area (Å²) in [4.78, 5) is 12.8. The predicted octanol–water partition coefficient (Wildman–Crippen LogP) is 3.80. The van der Waals surface area contributed by atoms with E-state index in [1.165, 1.54) is 23.1 Å². The van der Waals surface area contributed by atoms with Crippen molar-refractivity contribution < 1.29 is 13.2 Å². The number of amides is 1. The lowest BCUT2D eigenvalue weighted by atomic mass is 10.1. The number of sulfonamides is 1. The summed E-state index contributed by atoms with van der Waals surface area (Å²) in [5.74, 6) is 0.375. The Morgan fingerprint density at radius 3 is 2.63 bits per heavy atom. The highest BCUT2D eigenvalue weighted by atomic mass is 35.5. The van der Waals surface area contributed by atoms with Gasteiger partial charge < -0.3 is 0 Å². The van der Waals surface area contributed by atoms with Crippen LogP contribution in [0.15, 0.2) is 22.5 Å². The summed E-state index contributed by atoms with van der Waals surface area (Å²) in [6.07, 6.45) is 1.34. The number of nitrogens with zero attached hydrogens (tertiary/aromatic N) is 3. The summed E-state index contributed by atoms with van der Waals surface area (Å²) in [5.41, 5.74) is 1.16. The third kappa shape index (κ3) is 5.56. The molecule has 148 valence electrons. The van der Waals surface area contributed by atoms with Crippen molar-refractivity contribution >= 4 is 61.4 Å². The molecule has 2 rings (SSSR count). The minimum atomic E-state index is -3.72. The largest absolute Gasteiger partial charge is 0.299 e.